The summed E-state index contributed by atoms with van der Waals surface area (Å²) in [6, 6.07) is 4.28. The Kier molecular flexibility index (Phi) is 19.1. The van der Waals surface area contributed by atoms with Gasteiger partial charge in [0.25, 0.3) is 0 Å². The van der Waals surface area contributed by atoms with E-state index < -0.39 is 0 Å². The molecule has 0 spiro atoms. The molecule has 18 heavy (non-hydrogen) atoms. The molecule has 0 heterocycles. The van der Waals surface area contributed by atoms with E-state index >= 15 is 0 Å². The van der Waals surface area contributed by atoms with Gasteiger partial charge in [0.15, 0.2) is 0 Å². The standard InChI is InChI=1S/C12H14.3C2H6/c1-5-11-7-9(3)10(4)8-12(11)6-2;3*1-2/h5-8H,1-2H2,3-4H3;3*1-2H3. The van der Waals surface area contributed by atoms with Gasteiger partial charge in [-0.05, 0) is 36.1 Å². The quantitative estimate of drug-likeness (QED) is 0.548. The van der Waals surface area contributed by atoms with Gasteiger partial charge in [-0.15, -0.1) is 0 Å². The minimum Gasteiger partial charge on any atom is -0.0984 e. The molecule has 0 aromatic heterocycles. The Balaban J connectivity index is -0.000000328. The zero-order valence-corrected chi connectivity index (χ0v) is 13.7. The zero-order valence-electron chi connectivity index (χ0n) is 13.7. The second-order valence-corrected chi connectivity index (χ2v) is 2.97. The summed E-state index contributed by atoms with van der Waals surface area (Å²) >= 11 is 0. The highest BCUT2D eigenvalue weighted by Crippen LogP contribution is 2.17. The topological polar surface area (TPSA) is 0 Å². The summed E-state index contributed by atoms with van der Waals surface area (Å²) in [4.78, 5) is 0. The molecule has 0 N–H and O–H groups in total. The summed E-state index contributed by atoms with van der Waals surface area (Å²) in [6.45, 7) is 23.7. The molecule has 0 nitrogen and oxygen atoms in total. The summed E-state index contributed by atoms with van der Waals surface area (Å²) in [6.07, 6.45) is 3.73. The molecular formula is C18H32. The van der Waals surface area contributed by atoms with Gasteiger partial charge in [-0.2, -0.15) is 0 Å². The predicted octanol–water partition coefficient (Wildman–Crippen LogP) is 6.67. The van der Waals surface area contributed by atoms with Crippen molar-refractivity contribution in [2.24, 2.45) is 0 Å². The minimum absolute atomic E-state index is 1.16. The van der Waals surface area contributed by atoms with E-state index in [1.807, 2.05) is 53.7 Å². The van der Waals surface area contributed by atoms with Crippen molar-refractivity contribution >= 4 is 12.2 Å². The summed E-state index contributed by atoms with van der Waals surface area (Å²) < 4.78 is 0. The van der Waals surface area contributed by atoms with Crippen molar-refractivity contribution < 1.29 is 0 Å². The first-order valence-electron chi connectivity index (χ1n) is 7.05. The van der Waals surface area contributed by atoms with E-state index in [1.165, 1.54) is 11.1 Å². The highest BCUT2D eigenvalue weighted by atomic mass is 14.0. The van der Waals surface area contributed by atoms with Gasteiger partial charge in [0.05, 0.1) is 0 Å². The van der Waals surface area contributed by atoms with Crippen molar-refractivity contribution in [3.63, 3.8) is 0 Å². The van der Waals surface area contributed by atoms with E-state index in [0.717, 1.165) is 11.1 Å². The average Bonchev–Trinajstić information content (AvgIpc) is 2.47. The van der Waals surface area contributed by atoms with Crippen LogP contribution in [-0.4, -0.2) is 0 Å². The molecule has 104 valence electrons. The number of aryl methyl sites for hydroxylation is 2. The van der Waals surface area contributed by atoms with Gasteiger partial charge >= 0.3 is 0 Å². The Bertz CT molecular complexity index is 286. The van der Waals surface area contributed by atoms with Crippen molar-refractivity contribution in [3.8, 4) is 0 Å². The van der Waals surface area contributed by atoms with E-state index in [0.29, 0.717) is 0 Å². The van der Waals surface area contributed by atoms with Gasteiger partial charge in [0.1, 0.15) is 0 Å². The first kappa shape index (κ1) is 21.9. The SMILES string of the molecule is C=Cc1cc(C)c(C)cc1C=C.CC.CC.CC. The van der Waals surface area contributed by atoms with Gasteiger partial charge in [-0.25, -0.2) is 0 Å². The van der Waals surface area contributed by atoms with Crippen LogP contribution in [0.4, 0.5) is 0 Å². The highest BCUT2D eigenvalue weighted by molar-refractivity contribution is 5.65. The largest absolute Gasteiger partial charge is 0.0984 e. The molecule has 0 bridgehead atoms. The minimum atomic E-state index is 1.16. The summed E-state index contributed by atoms with van der Waals surface area (Å²) in [7, 11) is 0. The first-order valence-corrected chi connectivity index (χ1v) is 7.05. The summed E-state index contributed by atoms with van der Waals surface area (Å²) in [5, 5.41) is 0. The van der Waals surface area contributed by atoms with E-state index in [4.69, 9.17) is 0 Å². The molecule has 0 aliphatic rings. The lowest BCUT2D eigenvalue weighted by atomic mass is 10.00. The van der Waals surface area contributed by atoms with Crippen LogP contribution in [0.2, 0.25) is 0 Å². The average molecular weight is 248 g/mol. The summed E-state index contributed by atoms with van der Waals surface area (Å²) in [5.41, 5.74) is 4.92. The number of benzene rings is 1. The van der Waals surface area contributed by atoms with Crippen LogP contribution in [0.15, 0.2) is 25.3 Å². The lowest BCUT2D eigenvalue weighted by Gasteiger charge is -2.05. The fourth-order valence-corrected chi connectivity index (χ4v) is 1.21. The lowest BCUT2D eigenvalue weighted by molar-refractivity contribution is 1.33. The third-order valence-electron chi connectivity index (χ3n) is 2.14. The molecule has 0 saturated heterocycles. The fourth-order valence-electron chi connectivity index (χ4n) is 1.21. The second kappa shape index (κ2) is 15.7. The Morgan fingerprint density at radius 1 is 0.667 bits per heavy atom. The molecule has 0 saturated carbocycles. The predicted molar refractivity (Wildman–Crippen MR) is 90.1 cm³/mol. The number of hydrogen-bond donors (Lipinski definition) is 0. The number of rotatable bonds is 2. The van der Waals surface area contributed by atoms with E-state index in [-0.39, 0.29) is 0 Å². The van der Waals surface area contributed by atoms with Crippen molar-refractivity contribution in [3.05, 3.63) is 47.5 Å². The maximum atomic E-state index is 3.76. The third-order valence-corrected chi connectivity index (χ3v) is 2.14. The fraction of sp³-hybridized carbons (Fsp3) is 0.444. The smallest absolute Gasteiger partial charge is 0.0187 e. The van der Waals surface area contributed by atoms with Crippen LogP contribution in [0, 0.1) is 13.8 Å². The van der Waals surface area contributed by atoms with Crippen molar-refractivity contribution in [2.75, 3.05) is 0 Å². The second-order valence-electron chi connectivity index (χ2n) is 2.97. The van der Waals surface area contributed by atoms with Crippen LogP contribution in [0.3, 0.4) is 0 Å². The summed E-state index contributed by atoms with van der Waals surface area (Å²) in [5.74, 6) is 0. The van der Waals surface area contributed by atoms with Gasteiger partial charge in [-0.3, -0.25) is 0 Å². The van der Waals surface area contributed by atoms with Crippen molar-refractivity contribution in [1.82, 2.24) is 0 Å². The molecule has 1 aromatic carbocycles. The first-order chi connectivity index (χ1) is 8.69. The highest BCUT2D eigenvalue weighted by Gasteiger charge is 1.98. The van der Waals surface area contributed by atoms with E-state index in [9.17, 15) is 0 Å². The van der Waals surface area contributed by atoms with Gasteiger partial charge in [0, 0.05) is 0 Å². The van der Waals surface area contributed by atoms with Crippen LogP contribution < -0.4 is 0 Å². The molecule has 0 aliphatic carbocycles. The Labute approximate surface area is 115 Å². The molecule has 1 rings (SSSR count). The molecule has 0 unspecified atom stereocenters. The molecule has 0 amide bonds. The Morgan fingerprint density at radius 2 is 0.889 bits per heavy atom. The lowest BCUT2D eigenvalue weighted by Crippen LogP contribution is -1.86. The maximum absolute atomic E-state index is 3.76. The maximum Gasteiger partial charge on any atom is -0.0187 e. The molecular weight excluding hydrogens is 216 g/mol. The zero-order chi connectivity index (χ0) is 15.1. The van der Waals surface area contributed by atoms with Crippen LogP contribution in [-0.2, 0) is 0 Å². The molecule has 0 heteroatoms. The monoisotopic (exact) mass is 248 g/mol. The molecule has 0 radical (unpaired) electrons. The number of hydrogen-bond acceptors (Lipinski definition) is 0. The van der Waals surface area contributed by atoms with Crippen LogP contribution in [0.25, 0.3) is 12.2 Å². The molecule has 0 fully saturated rings. The van der Waals surface area contributed by atoms with Crippen molar-refractivity contribution in [2.45, 2.75) is 55.4 Å². The van der Waals surface area contributed by atoms with E-state index in [2.05, 4.69) is 39.1 Å². The van der Waals surface area contributed by atoms with Gasteiger partial charge in [0.2, 0.25) is 0 Å². The molecule has 0 atom stereocenters. The molecule has 1 aromatic rings. The Morgan fingerprint density at radius 3 is 1.06 bits per heavy atom. The third kappa shape index (κ3) is 7.89. The van der Waals surface area contributed by atoms with Crippen molar-refractivity contribution in [1.29, 1.82) is 0 Å². The van der Waals surface area contributed by atoms with Crippen LogP contribution in [0.1, 0.15) is 63.8 Å². The Hall–Kier alpha value is -1.30. The van der Waals surface area contributed by atoms with Crippen LogP contribution >= 0.6 is 0 Å². The normalized spacial score (nSPS) is 7.33. The molecule has 0 aliphatic heterocycles. The van der Waals surface area contributed by atoms with Crippen LogP contribution in [0.5, 0.6) is 0 Å². The van der Waals surface area contributed by atoms with Gasteiger partial charge < -0.3 is 0 Å². The van der Waals surface area contributed by atoms with Gasteiger partial charge in [-0.1, -0.05) is 79.0 Å². The van der Waals surface area contributed by atoms with E-state index in [1.54, 1.807) is 0 Å².